The Kier molecular flexibility index (Phi) is 15.6. The maximum absolute atomic E-state index is 10.5. The minimum absolute atomic E-state index is 0.0448. The van der Waals surface area contributed by atoms with Crippen LogP contribution in [0.25, 0.3) is 11.1 Å². The Morgan fingerprint density at radius 3 is 1.65 bits per heavy atom. The summed E-state index contributed by atoms with van der Waals surface area (Å²) in [5, 5.41) is 20.2. The van der Waals surface area contributed by atoms with Crippen molar-refractivity contribution in [3.05, 3.63) is 81.6 Å². The van der Waals surface area contributed by atoms with Gasteiger partial charge in [-0.3, -0.25) is 0 Å². The molecule has 0 spiro atoms. The second-order valence-electron chi connectivity index (χ2n) is 8.79. The average Bonchev–Trinajstić information content (AvgIpc) is 3.50. The second-order valence-corrected chi connectivity index (χ2v) is 10.2. The van der Waals surface area contributed by atoms with E-state index in [2.05, 4.69) is 94.8 Å². The van der Waals surface area contributed by atoms with E-state index in [1.807, 2.05) is 37.1 Å². The number of carboxylic acids is 1. The zero-order valence-electron chi connectivity index (χ0n) is 25.2. The van der Waals surface area contributed by atoms with E-state index in [0.29, 0.717) is 17.8 Å². The van der Waals surface area contributed by atoms with Gasteiger partial charge < -0.3 is 27.2 Å². The minimum Gasteiger partial charge on any atom is -0.476 e. The Morgan fingerprint density at radius 2 is 1.30 bits per heavy atom. The molecule has 8 N–H and O–H groups in total. The summed E-state index contributed by atoms with van der Waals surface area (Å²) in [4.78, 5) is 29.4. The molecule has 5 heterocycles. The van der Waals surface area contributed by atoms with Crippen molar-refractivity contribution in [2.75, 3.05) is 35.2 Å². The average molecular weight is 713 g/mol. The zero-order valence-corrected chi connectivity index (χ0v) is 28.2. The van der Waals surface area contributed by atoms with Gasteiger partial charge in [0.1, 0.15) is 25.4 Å². The predicted octanol–water partition coefficient (Wildman–Crippen LogP) is 4.10. The van der Waals surface area contributed by atoms with Crippen LogP contribution in [0.3, 0.4) is 0 Å². The van der Waals surface area contributed by atoms with Crippen molar-refractivity contribution in [2.24, 2.45) is 14.1 Å². The van der Waals surface area contributed by atoms with E-state index in [1.54, 1.807) is 0 Å². The van der Waals surface area contributed by atoms with Crippen LogP contribution in [0.15, 0.2) is 55.4 Å². The van der Waals surface area contributed by atoms with Crippen LogP contribution in [0.1, 0.15) is 24.3 Å². The van der Waals surface area contributed by atoms with Crippen molar-refractivity contribution in [1.29, 1.82) is 0 Å². The molecule has 19 heteroatoms. The summed E-state index contributed by atoms with van der Waals surface area (Å²) in [7, 11) is 4.05. The minimum atomic E-state index is -1.31. The van der Waals surface area contributed by atoms with Crippen LogP contribution in [0.5, 0.6) is 0 Å². The van der Waals surface area contributed by atoms with E-state index >= 15 is 0 Å². The number of nitrogens with one attached hydrogen (secondary N) is 3. The Balaban J connectivity index is 0.000000220. The third-order valence-corrected chi connectivity index (χ3v) is 6.58. The van der Waals surface area contributed by atoms with Gasteiger partial charge in [0.2, 0.25) is 23.1 Å². The SMILES string of the molecule is CCNc1nc(Cl)nc(NCC)n1.C[n+]1ccc(-c2cc[n+](C)cc2)cc1.Nc1c(Cl)c(Cl)nc(C(=O)O)c1Cl.Nc1ncn[nH]1. The summed E-state index contributed by atoms with van der Waals surface area (Å²) in [6.07, 6.45) is 9.59. The number of aromatic carboxylic acids is 1. The number of anilines is 4. The van der Waals surface area contributed by atoms with E-state index < -0.39 is 11.7 Å². The maximum atomic E-state index is 10.5. The van der Waals surface area contributed by atoms with Crippen LogP contribution < -0.4 is 31.2 Å². The number of carbonyl (C=O) groups is 1. The van der Waals surface area contributed by atoms with E-state index in [4.69, 9.17) is 63.0 Å². The number of nitrogens with two attached hydrogens (primary N) is 2. The summed E-state index contributed by atoms with van der Waals surface area (Å²) in [5.41, 5.74) is 12.4. The lowest BCUT2D eigenvalue weighted by Gasteiger charge is -2.04. The molecule has 5 aromatic heterocycles. The highest BCUT2D eigenvalue weighted by molar-refractivity contribution is 6.46. The quantitative estimate of drug-likeness (QED) is 0.108. The topological polar surface area (TPSA) is 214 Å². The fourth-order valence-electron chi connectivity index (χ4n) is 3.10. The van der Waals surface area contributed by atoms with Crippen LogP contribution in [0.2, 0.25) is 20.5 Å². The highest BCUT2D eigenvalue weighted by Gasteiger charge is 2.18. The number of carboxylic acid groups (broad SMARTS) is 1. The Bertz CT molecular complexity index is 1610. The summed E-state index contributed by atoms with van der Waals surface area (Å²) < 4.78 is 4.07. The Labute approximate surface area is 285 Å². The Morgan fingerprint density at radius 1 is 0.826 bits per heavy atom. The number of aryl methyl sites for hydroxylation is 2. The van der Waals surface area contributed by atoms with Crippen LogP contribution >= 0.6 is 46.4 Å². The number of hydrogen-bond acceptors (Lipinski definition) is 11. The summed E-state index contributed by atoms with van der Waals surface area (Å²) in [6, 6.07) is 8.48. The summed E-state index contributed by atoms with van der Waals surface area (Å²) in [6.45, 7) is 5.44. The first kappa shape index (κ1) is 37.6. The molecule has 0 aromatic carbocycles. The molecular formula is C27H33Cl4N13O2+2. The molecule has 0 saturated carbocycles. The van der Waals surface area contributed by atoms with Crippen molar-refractivity contribution < 1.29 is 19.0 Å². The van der Waals surface area contributed by atoms with E-state index in [-0.39, 0.29) is 26.2 Å². The molecule has 0 fully saturated rings. The van der Waals surface area contributed by atoms with Crippen molar-refractivity contribution in [2.45, 2.75) is 13.8 Å². The lowest BCUT2D eigenvalue weighted by molar-refractivity contribution is -0.671. The van der Waals surface area contributed by atoms with Crippen LogP contribution in [0, 0.1) is 0 Å². The molecule has 0 bridgehead atoms. The third kappa shape index (κ3) is 12.4. The number of aromatic nitrogens is 9. The van der Waals surface area contributed by atoms with Crippen LogP contribution in [-0.4, -0.2) is 59.3 Å². The van der Waals surface area contributed by atoms with Crippen molar-refractivity contribution in [1.82, 2.24) is 35.1 Å². The molecule has 5 rings (SSSR count). The number of halogens is 4. The maximum Gasteiger partial charge on any atom is 0.356 e. The first-order chi connectivity index (χ1) is 21.9. The number of rotatable bonds is 6. The molecule has 0 unspecified atom stereocenters. The van der Waals surface area contributed by atoms with Crippen LogP contribution in [0.4, 0.5) is 23.5 Å². The predicted molar refractivity (Wildman–Crippen MR) is 179 cm³/mol. The smallest absolute Gasteiger partial charge is 0.356 e. The summed E-state index contributed by atoms with van der Waals surface area (Å²) >= 11 is 22.3. The molecule has 0 aliphatic carbocycles. The summed E-state index contributed by atoms with van der Waals surface area (Å²) in [5.74, 6) is 0.0437. The van der Waals surface area contributed by atoms with Gasteiger partial charge in [-0.1, -0.05) is 34.8 Å². The van der Waals surface area contributed by atoms with E-state index in [9.17, 15) is 4.79 Å². The standard InChI is InChI=1S/C12H14N2.C7H12ClN5.C6H3Cl3N2O2.C2H4N4/c1-13-7-3-11(4-8-13)12-5-9-14(2)10-6-12;1-3-9-6-11-5(8)12-7(13-6)10-4-2;7-1-3(10)2(8)5(9)11-4(1)6(12)13;3-2-4-1-5-6-2/h3-10H,1-2H3;3-4H2,1-2H3,(H2,9,10,11,12,13);(H2,10,11)(H,12,13);1H,(H3,3,4,5,6)/q+2;;;. The number of aromatic amines is 1. The molecule has 0 atom stereocenters. The first-order valence-corrected chi connectivity index (χ1v) is 14.8. The lowest BCUT2D eigenvalue weighted by atomic mass is 10.1. The lowest BCUT2D eigenvalue weighted by Crippen LogP contribution is -2.26. The molecule has 0 amide bonds. The first-order valence-electron chi connectivity index (χ1n) is 13.3. The van der Waals surface area contributed by atoms with Gasteiger partial charge in [-0.15, -0.1) is 0 Å². The molecule has 46 heavy (non-hydrogen) atoms. The number of hydrogen-bond donors (Lipinski definition) is 6. The van der Waals surface area contributed by atoms with Crippen LogP contribution in [-0.2, 0) is 14.1 Å². The molecule has 0 aliphatic rings. The Hall–Kier alpha value is -4.57. The highest BCUT2D eigenvalue weighted by Crippen LogP contribution is 2.34. The third-order valence-electron chi connectivity index (χ3n) is 5.28. The normalized spacial score (nSPS) is 9.83. The van der Waals surface area contributed by atoms with Gasteiger partial charge in [0.15, 0.2) is 35.6 Å². The van der Waals surface area contributed by atoms with Gasteiger partial charge in [0.25, 0.3) is 0 Å². The number of H-pyrrole nitrogens is 1. The van der Waals surface area contributed by atoms with Gasteiger partial charge in [-0.25, -0.2) is 29.0 Å². The van der Waals surface area contributed by atoms with Crippen molar-refractivity contribution in [3.8, 4) is 11.1 Å². The zero-order chi connectivity index (χ0) is 34.2. The number of nitrogens with zero attached hydrogens (tertiary/aromatic N) is 8. The van der Waals surface area contributed by atoms with Gasteiger partial charge in [0, 0.05) is 37.4 Å². The molecule has 0 saturated heterocycles. The second kappa shape index (κ2) is 19.1. The highest BCUT2D eigenvalue weighted by atomic mass is 35.5. The van der Waals surface area contributed by atoms with Gasteiger partial charge >= 0.3 is 5.97 Å². The molecule has 15 nitrogen and oxygen atoms in total. The van der Waals surface area contributed by atoms with E-state index in [0.717, 1.165) is 13.1 Å². The van der Waals surface area contributed by atoms with Gasteiger partial charge in [0.05, 0.1) is 10.7 Å². The molecular weight excluding hydrogens is 680 g/mol. The van der Waals surface area contributed by atoms with Crippen molar-refractivity contribution in [3.63, 3.8) is 0 Å². The fourth-order valence-corrected chi connectivity index (χ4v) is 3.85. The number of nitrogen functional groups attached to an aromatic ring is 2. The monoisotopic (exact) mass is 711 g/mol. The number of pyridine rings is 3. The van der Waals surface area contributed by atoms with Crippen molar-refractivity contribution >= 4 is 75.9 Å². The van der Waals surface area contributed by atoms with Gasteiger partial charge in [-0.2, -0.15) is 20.1 Å². The van der Waals surface area contributed by atoms with E-state index in [1.165, 1.54) is 17.5 Å². The molecule has 244 valence electrons. The van der Waals surface area contributed by atoms with Gasteiger partial charge in [-0.05, 0) is 36.6 Å². The molecule has 0 radical (unpaired) electrons. The fraction of sp³-hybridized carbons (Fsp3) is 0.222. The molecule has 5 aromatic rings. The largest absolute Gasteiger partial charge is 0.476 e. The molecule has 0 aliphatic heterocycles.